The molecule has 1 aliphatic carbocycles. The highest BCUT2D eigenvalue weighted by Gasteiger charge is 2.00. The highest BCUT2D eigenvalue weighted by Crippen LogP contribution is 2.17. The molecule has 5 heteroatoms. The molecule has 14 heavy (non-hydrogen) atoms. The van der Waals surface area contributed by atoms with Crippen LogP contribution in [0.3, 0.4) is 0 Å². The Kier molecular flexibility index (Phi) is 3.40. The fourth-order valence-corrected chi connectivity index (χ4v) is 1.20. The van der Waals surface area contributed by atoms with Gasteiger partial charge in [-0.25, -0.2) is 0 Å². The molecule has 0 amide bonds. The maximum absolute atomic E-state index is 8.74. The molecule has 0 unspecified atom stereocenters. The first-order chi connectivity index (χ1) is 6.47. The Bertz CT molecular complexity index is 426. The number of hydrogen-bond donors (Lipinski definition) is 2. The van der Waals surface area contributed by atoms with Crippen molar-refractivity contribution >= 4 is 16.5 Å². The first kappa shape index (κ1) is 10.9. The predicted octanol–water partition coefficient (Wildman–Crippen LogP) is 1.60. The van der Waals surface area contributed by atoms with Gasteiger partial charge in [0.2, 0.25) is 0 Å². The quantitative estimate of drug-likeness (QED) is 0.643. The molecule has 76 valence electrons. The summed E-state index contributed by atoms with van der Waals surface area (Å²) in [5.41, 5.74) is 2.84. The Hall–Kier alpha value is -1.17. The minimum Gasteiger partial charge on any atom is -0.264 e. The number of fused-ring (bicyclic) bond motifs is 1. The zero-order chi connectivity index (χ0) is 10.6. The van der Waals surface area contributed by atoms with Gasteiger partial charge in [-0.3, -0.25) is 9.11 Å². The van der Waals surface area contributed by atoms with Crippen LogP contribution in [-0.2, 0) is 16.8 Å². The normalized spacial score (nSPS) is 13.0. The maximum atomic E-state index is 8.74. The Labute approximate surface area is 82.5 Å². The van der Waals surface area contributed by atoms with E-state index in [9.17, 15) is 0 Å². The summed E-state index contributed by atoms with van der Waals surface area (Å²) < 4.78 is 31.6. The van der Waals surface area contributed by atoms with E-state index in [2.05, 4.69) is 36.4 Å². The van der Waals surface area contributed by atoms with Crippen molar-refractivity contribution in [3.8, 4) is 0 Å². The Morgan fingerprint density at radius 3 is 2.29 bits per heavy atom. The predicted molar refractivity (Wildman–Crippen MR) is 53.4 cm³/mol. The molecule has 0 radical (unpaired) electrons. The number of allylic oxidation sites excluding steroid dienone is 1. The van der Waals surface area contributed by atoms with Gasteiger partial charge in [-0.05, 0) is 17.5 Å². The van der Waals surface area contributed by atoms with Gasteiger partial charge in [0.15, 0.2) is 0 Å². The topological polar surface area (TPSA) is 74.6 Å². The molecule has 1 aliphatic rings. The molecular weight excluding hydrogens is 204 g/mol. The van der Waals surface area contributed by atoms with Crippen molar-refractivity contribution < 1.29 is 17.5 Å². The van der Waals surface area contributed by atoms with Crippen molar-refractivity contribution in [1.82, 2.24) is 0 Å². The minimum absolute atomic E-state index is 1.12. The van der Waals surface area contributed by atoms with Crippen LogP contribution in [0.15, 0.2) is 30.3 Å². The Balaban J connectivity index is 0.000000171. The van der Waals surface area contributed by atoms with E-state index in [1.54, 1.807) is 0 Å². The average molecular weight is 214 g/mol. The lowest BCUT2D eigenvalue weighted by Gasteiger charge is -1.93. The lowest BCUT2D eigenvalue weighted by Crippen LogP contribution is -1.89. The second kappa shape index (κ2) is 4.36. The SMILES string of the molecule is C1=Cc2ccccc2C1.O=S(=O)(O)O. The second-order valence-corrected chi connectivity index (χ2v) is 3.65. The zero-order valence-electron chi connectivity index (χ0n) is 7.29. The maximum Gasteiger partial charge on any atom is 0.394 e. The first-order valence-electron chi connectivity index (χ1n) is 3.91. The van der Waals surface area contributed by atoms with Crippen molar-refractivity contribution in [3.05, 3.63) is 41.5 Å². The van der Waals surface area contributed by atoms with Gasteiger partial charge in [0.25, 0.3) is 0 Å². The molecule has 0 atom stereocenters. The van der Waals surface area contributed by atoms with E-state index >= 15 is 0 Å². The highest BCUT2D eigenvalue weighted by atomic mass is 32.3. The first-order valence-corrected chi connectivity index (χ1v) is 5.31. The average Bonchev–Trinajstić information content (AvgIpc) is 2.47. The lowest BCUT2D eigenvalue weighted by atomic mass is 10.1. The van der Waals surface area contributed by atoms with E-state index in [0.29, 0.717) is 0 Å². The minimum atomic E-state index is -4.67. The number of benzene rings is 1. The summed E-state index contributed by atoms with van der Waals surface area (Å²) in [6, 6.07) is 8.49. The molecule has 0 spiro atoms. The van der Waals surface area contributed by atoms with E-state index < -0.39 is 10.4 Å². The van der Waals surface area contributed by atoms with Crippen LogP contribution in [0.25, 0.3) is 6.08 Å². The van der Waals surface area contributed by atoms with E-state index in [1.807, 2.05) is 0 Å². The second-order valence-electron chi connectivity index (χ2n) is 2.75. The summed E-state index contributed by atoms with van der Waals surface area (Å²) >= 11 is 0. The smallest absolute Gasteiger partial charge is 0.264 e. The van der Waals surface area contributed by atoms with Crippen LogP contribution in [0.5, 0.6) is 0 Å². The summed E-state index contributed by atoms with van der Waals surface area (Å²) in [7, 11) is -4.67. The van der Waals surface area contributed by atoms with Gasteiger partial charge in [-0.15, -0.1) is 0 Å². The summed E-state index contributed by atoms with van der Waals surface area (Å²) in [5, 5.41) is 0. The van der Waals surface area contributed by atoms with Crippen LogP contribution < -0.4 is 0 Å². The van der Waals surface area contributed by atoms with Crippen molar-refractivity contribution in [1.29, 1.82) is 0 Å². The van der Waals surface area contributed by atoms with Crippen molar-refractivity contribution in [2.45, 2.75) is 6.42 Å². The number of rotatable bonds is 0. The van der Waals surface area contributed by atoms with Crippen molar-refractivity contribution in [3.63, 3.8) is 0 Å². The van der Waals surface area contributed by atoms with E-state index in [1.165, 1.54) is 11.1 Å². The van der Waals surface area contributed by atoms with Gasteiger partial charge in [0.05, 0.1) is 0 Å². The van der Waals surface area contributed by atoms with Gasteiger partial charge in [-0.1, -0.05) is 36.4 Å². The fourth-order valence-electron chi connectivity index (χ4n) is 1.20. The van der Waals surface area contributed by atoms with Crippen LogP contribution in [0, 0.1) is 0 Å². The van der Waals surface area contributed by atoms with Crippen molar-refractivity contribution in [2.75, 3.05) is 0 Å². The van der Waals surface area contributed by atoms with Crippen LogP contribution in [0.1, 0.15) is 11.1 Å². The van der Waals surface area contributed by atoms with Crippen LogP contribution in [0.4, 0.5) is 0 Å². The van der Waals surface area contributed by atoms with Crippen LogP contribution >= 0.6 is 0 Å². The summed E-state index contributed by atoms with van der Waals surface area (Å²) in [6.07, 6.45) is 5.50. The molecule has 1 aromatic carbocycles. The van der Waals surface area contributed by atoms with Crippen LogP contribution in [0.2, 0.25) is 0 Å². The van der Waals surface area contributed by atoms with Crippen molar-refractivity contribution in [2.24, 2.45) is 0 Å². The lowest BCUT2D eigenvalue weighted by molar-refractivity contribution is 0.381. The largest absolute Gasteiger partial charge is 0.394 e. The molecule has 1 aromatic rings. The molecule has 0 saturated carbocycles. The molecule has 0 saturated heterocycles. The summed E-state index contributed by atoms with van der Waals surface area (Å²) in [5.74, 6) is 0. The summed E-state index contributed by atoms with van der Waals surface area (Å²) in [6.45, 7) is 0. The van der Waals surface area contributed by atoms with Crippen LogP contribution in [-0.4, -0.2) is 17.5 Å². The fraction of sp³-hybridized carbons (Fsp3) is 0.111. The highest BCUT2D eigenvalue weighted by molar-refractivity contribution is 7.79. The van der Waals surface area contributed by atoms with E-state index in [4.69, 9.17) is 17.5 Å². The van der Waals surface area contributed by atoms with Gasteiger partial charge in [0.1, 0.15) is 0 Å². The van der Waals surface area contributed by atoms with Gasteiger partial charge < -0.3 is 0 Å². The Morgan fingerprint density at radius 1 is 1.14 bits per heavy atom. The van der Waals surface area contributed by atoms with Gasteiger partial charge in [0, 0.05) is 0 Å². The number of hydrogen-bond acceptors (Lipinski definition) is 2. The standard InChI is InChI=1S/C9H8.H2O4S/c1-2-5-9-7-3-6-8(9)4-1;1-5(2,3)4/h1-6H,7H2;(H2,1,2,3,4). The summed E-state index contributed by atoms with van der Waals surface area (Å²) in [4.78, 5) is 0. The Morgan fingerprint density at radius 2 is 1.71 bits per heavy atom. The molecular formula is C9H10O4S. The molecule has 0 aliphatic heterocycles. The third-order valence-electron chi connectivity index (χ3n) is 1.69. The zero-order valence-corrected chi connectivity index (χ0v) is 8.11. The molecule has 0 aromatic heterocycles. The third-order valence-corrected chi connectivity index (χ3v) is 1.69. The van der Waals surface area contributed by atoms with E-state index in [-0.39, 0.29) is 0 Å². The molecule has 4 nitrogen and oxygen atoms in total. The van der Waals surface area contributed by atoms with E-state index in [0.717, 1.165) is 6.42 Å². The van der Waals surface area contributed by atoms with Gasteiger partial charge >= 0.3 is 10.4 Å². The molecule has 0 bridgehead atoms. The molecule has 0 heterocycles. The molecule has 2 rings (SSSR count). The monoisotopic (exact) mass is 214 g/mol. The van der Waals surface area contributed by atoms with Gasteiger partial charge in [-0.2, -0.15) is 8.42 Å². The third kappa shape index (κ3) is 4.18. The molecule has 2 N–H and O–H groups in total. The molecule has 0 fully saturated rings.